The van der Waals surface area contributed by atoms with E-state index in [2.05, 4.69) is 5.32 Å². The van der Waals surface area contributed by atoms with E-state index in [1.165, 1.54) is 7.11 Å². The van der Waals surface area contributed by atoms with Crippen LogP contribution in [0, 0.1) is 5.92 Å². The van der Waals surface area contributed by atoms with Gasteiger partial charge in [-0.05, 0) is 31.6 Å². The minimum absolute atomic E-state index is 0.349. The molecule has 3 atom stereocenters. The van der Waals surface area contributed by atoms with Crippen molar-refractivity contribution in [2.75, 3.05) is 34.5 Å². The number of fused-ring (bicyclic) bond motifs is 4. The van der Waals surface area contributed by atoms with Gasteiger partial charge in [-0.2, -0.15) is 0 Å². The zero-order chi connectivity index (χ0) is 18.9. The normalized spacial score (nSPS) is 26.5. The minimum atomic E-state index is -0.991. The molecule has 1 aromatic carbocycles. The summed E-state index contributed by atoms with van der Waals surface area (Å²) in [5, 5.41) is 3.85. The second-order valence-corrected chi connectivity index (χ2v) is 6.85. The van der Waals surface area contributed by atoms with Crippen molar-refractivity contribution >= 4 is 23.3 Å². The monoisotopic (exact) mass is 380 g/mol. The van der Waals surface area contributed by atoms with Crippen LogP contribution in [0.15, 0.2) is 18.2 Å². The van der Waals surface area contributed by atoms with Gasteiger partial charge in [0.2, 0.25) is 0 Å². The smallest absolute Gasteiger partial charge is 0.317 e. The molecule has 7 nitrogen and oxygen atoms in total. The Kier molecular flexibility index (Phi) is 5.24. The molecule has 1 saturated heterocycles. The summed E-state index contributed by atoms with van der Waals surface area (Å²) in [7, 11) is 4.63. The third-order valence-corrected chi connectivity index (χ3v) is 5.37. The van der Waals surface area contributed by atoms with Crippen molar-refractivity contribution < 1.29 is 23.7 Å². The fourth-order valence-corrected chi connectivity index (χ4v) is 4.18. The van der Waals surface area contributed by atoms with Gasteiger partial charge in [0.15, 0.2) is 22.3 Å². The van der Waals surface area contributed by atoms with E-state index < -0.39 is 11.6 Å². The molecule has 0 spiro atoms. The largest absolute Gasteiger partial charge is 0.493 e. The zero-order valence-corrected chi connectivity index (χ0v) is 16.2. The number of para-hydroxylation sites is 1. The highest BCUT2D eigenvalue weighted by molar-refractivity contribution is 7.80. The first-order chi connectivity index (χ1) is 12.5. The van der Waals surface area contributed by atoms with E-state index in [9.17, 15) is 4.79 Å². The SMILES string of the molecule is COCCCN1C(=S)N[C@H]2c3cccc(OC)c3O[C@@]1(C)[C@@H]2C(=O)OC. The van der Waals surface area contributed by atoms with Crippen molar-refractivity contribution in [2.45, 2.75) is 25.1 Å². The van der Waals surface area contributed by atoms with Crippen LogP contribution < -0.4 is 14.8 Å². The molecule has 2 aliphatic rings. The van der Waals surface area contributed by atoms with E-state index in [1.54, 1.807) is 14.2 Å². The fourth-order valence-electron chi connectivity index (χ4n) is 3.78. The summed E-state index contributed by atoms with van der Waals surface area (Å²) >= 11 is 5.58. The number of carbonyl (C=O) groups is 1. The molecule has 1 aromatic rings. The van der Waals surface area contributed by atoms with Gasteiger partial charge in [0.1, 0.15) is 5.92 Å². The summed E-state index contributed by atoms with van der Waals surface area (Å²) < 4.78 is 22.1. The Morgan fingerprint density at radius 3 is 2.81 bits per heavy atom. The number of carbonyl (C=O) groups excluding carboxylic acids is 1. The molecule has 2 bridgehead atoms. The molecular formula is C18H24N2O5S. The van der Waals surface area contributed by atoms with E-state index in [1.807, 2.05) is 30.0 Å². The molecule has 0 aliphatic carbocycles. The molecule has 26 heavy (non-hydrogen) atoms. The number of benzene rings is 1. The average Bonchev–Trinajstić information content (AvgIpc) is 2.63. The molecule has 1 N–H and O–H groups in total. The summed E-state index contributed by atoms with van der Waals surface area (Å²) in [4.78, 5) is 14.6. The lowest BCUT2D eigenvalue weighted by Crippen LogP contribution is -2.71. The Hall–Kier alpha value is -2.06. The summed E-state index contributed by atoms with van der Waals surface area (Å²) in [6.07, 6.45) is 0.745. The molecule has 3 rings (SSSR count). The van der Waals surface area contributed by atoms with Crippen LogP contribution in [0.1, 0.15) is 24.9 Å². The molecule has 0 saturated carbocycles. The number of esters is 1. The van der Waals surface area contributed by atoms with E-state index in [-0.39, 0.29) is 12.0 Å². The average molecular weight is 380 g/mol. The molecule has 0 amide bonds. The Balaban J connectivity index is 2.09. The van der Waals surface area contributed by atoms with Gasteiger partial charge in [0.25, 0.3) is 0 Å². The van der Waals surface area contributed by atoms with Gasteiger partial charge in [-0.1, -0.05) is 12.1 Å². The summed E-state index contributed by atoms with van der Waals surface area (Å²) in [5.41, 5.74) is -0.161. The first-order valence-corrected chi connectivity index (χ1v) is 8.89. The van der Waals surface area contributed by atoms with Crippen LogP contribution >= 0.6 is 12.2 Å². The Morgan fingerprint density at radius 1 is 1.38 bits per heavy atom. The van der Waals surface area contributed by atoms with Crippen molar-refractivity contribution in [3.05, 3.63) is 23.8 Å². The number of rotatable bonds is 6. The van der Waals surface area contributed by atoms with Crippen LogP contribution in [0.4, 0.5) is 0 Å². The molecule has 2 heterocycles. The van der Waals surface area contributed by atoms with Gasteiger partial charge in [-0.15, -0.1) is 0 Å². The number of methoxy groups -OCH3 is 3. The zero-order valence-electron chi connectivity index (χ0n) is 15.4. The second-order valence-electron chi connectivity index (χ2n) is 6.46. The minimum Gasteiger partial charge on any atom is -0.493 e. The maximum atomic E-state index is 12.7. The predicted octanol–water partition coefficient (Wildman–Crippen LogP) is 1.86. The number of ether oxygens (including phenoxy) is 4. The topological polar surface area (TPSA) is 69.3 Å². The van der Waals surface area contributed by atoms with Crippen molar-refractivity contribution in [1.29, 1.82) is 0 Å². The fraction of sp³-hybridized carbons (Fsp3) is 0.556. The molecule has 0 unspecified atom stereocenters. The summed E-state index contributed by atoms with van der Waals surface area (Å²) in [5.74, 6) is 0.307. The van der Waals surface area contributed by atoms with E-state index in [4.69, 9.17) is 31.2 Å². The van der Waals surface area contributed by atoms with Crippen LogP contribution in [0.5, 0.6) is 11.5 Å². The third-order valence-electron chi connectivity index (χ3n) is 5.03. The van der Waals surface area contributed by atoms with Crippen LogP contribution in [-0.2, 0) is 14.3 Å². The Bertz CT molecular complexity index is 713. The van der Waals surface area contributed by atoms with Crippen molar-refractivity contribution in [3.8, 4) is 11.5 Å². The Morgan fingerprint density at radius 2 is 2.15 bits per heavy atom. The van der Waals surface area contributed by atoms with Crippen LogP contribution in [-0.4, -0.2) is 56.2 Å². The van der Waals surface area contributed by atoms with E-state index >= 15 is 0 Å². The van der Waals surface area contributed by atoms with Crippen molar-refractivity contribution in [1.82, 2.24) is 10.2 Å². The summed E-state index contributed by atoms with van der Waals surface area (Å²) in [6, 6.07) is 5.27. The third kappa shape index (κ3) is 2.87. The number of hydrogen-bond donors (Lipinski definition) is 1. The standard InChI is InChI=1S/C18H24N2O5S/c1-18-13(16(21)24-4)14(19-17(26)20(18)9-6-10-22-2)11-7-5-8-12(23-3)15(11)25-18/h5,7-8,13-14H,6,9-10H2,1-4H3,(H,19,26)/t13-,14-,18-/m0/s1. The van der Waals surface area contributed by atoms with Crippen molar-refractivity contribution in [2.24, 2.45) is 5.92 Å². The number of nitrogens with zero attached hydrogens (tertiary/aromatic N) is 1. The predicted molar refractivity (Wildman–Crippen MR) is 99.2 cm³/mol. The van der Waals surface area contributed by atoms with Crippen molar-refractivity contribution in [3.63, 3.8) is 0 Å². The summed E-state index contributed by atoms with van der Waals surface area (Å²) in [6.45, 7) is 3.04. The molecule has 0 aromatic heterocycles. The van der Waals surface area contributed by atoms with Crippen LogP contribution in [0.3, 0.4) is 0 Å². The molecule has 142 valence electrons. The van der Waals surface area contributed by atoms with Gasteiger partial charge in [0, 0.05) is 25.8 Å². The van der Waals surface area contributed by atoms with Gasteiger partial charge in [-0.3, -0.25) is 4.79 Å². The first kappa shape index (κ1) is 18.7. The van der Waals surface area contributed by atoms with Gasteiger partial charge in [0.05, 0.1) is 20.3 Å². The lowest BCUT2D eigenvalue weighted by Gasteiger charge is -2.55. The number of hydrogen-bond acceptors (Lipinski definition) is 6. The maximum absolute atomic E-state index is 12.7. The molecule has 1 fully saturated rings. The quantitative estimate of drug-likeness (QED) is 0.456. The van der Waals surface area contributed by atoms with Crippen LogP contribution in [0.25, 0.3) is 0 Å². The van der Waals surface area contributed by atoms with Gasteiger partial charge < -0.3 is 29.2 Å². The lowest BCUT2D eigenvalue weighted by molar-refractivity contribution is -0.173. The van der Waals surface area contributed by atoms with Gasteiger partial charge in [-0.25, -0.2) is 0 Å². The molecule has 8 heteroatoms. The number of nitrogens with one attached hydrogen (secondary N) is 1. The first-order valence-electron chi connectivity index (χ1n) is 8.48. The molecule has 0 radical (unpaired) electrons. The number of thiocarbonyl (C=S) groups is 1. The van der Waals surface area contributed by atoms with Crippen LogP contribution in [0.2, 0.25) is 0 Å². The maximum Gasteiger partial charge on any atom is 0.317 e. The second kappa shape index (κ2) is 7.28. The van der Waals surface area contributed by atoms with E-state index in [0.29, 0.717) is 29.8 Å². The molecule has 2 aliphatic heterocycles. The van der Waals surface area contributed by atoms with E-state index in [0.717, 1.165) is 12.0 Å². The highest BCUT2D eigenvalue weighted by Gasteiger charge is 2.59. The molecular weight excluding hydrogens is 356 g/mol. The lowest BCUT2D eigenvalue weighted by atomic mass is 9.79. The van der Waals surface area contributed by atoms with Gasteiger partial charge >= 0.3 is 5.97 Å². The highest BCUT2D eigenvalue weighted by Crippen LogP contribution is 2.51. The highest BCUT2D eigenvalue weighted by atomic mass is 32.1. The Labute approximate surface area is 158 Å².